The van der Waals surface area contributed by atoms with Crippen LogP contribution in [0.4, 0.5) is 0 Å². The predicted octanol–water partition coefficient (Wildman–Crippen LogP) is 2.48. The van der Waals surface area contributed by atoms with Gasteiger partial charge in [-0.15, -0.1) is 0 Å². The summed E-state index contributed by atoms with van der Waals surface area (Å²) >= 11 is 0. The Morgan fingerprint density at radius 3 is 2.55 bits per heavy atom. The zero-order chi connectivity index (χ0) is 15.8. The Morgan fingerprint density at radius 2 is 1.86 bits per heavy atom. The predicted molar refractivity (Wildman–Crippen MR) is 88.1 cm³/mol. The van der Waals surface area contributed by atoms with Gasteiger partial charge in [0, 0.05) is 18.2 Å². The summed E-state index contributed by atoms with van der Waals surface area (Å²) in [6.07, 6.45) is 1.97. The molecule has 1 aromatic carbocycles. The van der Waals surface area contributed by atoms with Crippen LogP contribution in [-0.4, -0.2) is 29.1 Å². The molecule has 0 N–H and O–H groups in total. The van der Waals surface area contributed by atoms with Gasteiger partial charge in [-0.1, -0.05) is 44.2 Å². The third-order valence-corrected chi connectivity index (χ3v) is 4.72. The van der Waals surface area contributed by atoms with E-state index in [0.717, 1.165) is 12.1 Å². The Bertz CT molecular complexity index is 637. The summed E-state index contributed by atoms with van der Waals surface area (Å²) in [7, 11) is -0.389. The van der Waals surface area contributed by atoms with Crippen molar-refractivity contribution in [2.45, 2.75) is 39.8 Å². The summed E-state index contributed by atoms with van der Waals surface area (Å²) in [5.41, 5.74) is 1.79. The highest BCUT2D eigenvalue weighted by atomic mass is 16.6. The van der Waals surface area contributed by atoms with E-state index in [9.17, 15) is 0 Å². The number of hydrogen-bond acceptors (Lipinski definition) is 3. The molecule has 0 saturated carbocycles. The molecule has 4 nitrogen and oxygen atoms in total. The molecule has 1 aliphatic rings. The van der Waals surface area contributed by atoms with Gasteiger partial charge < -0.3 is 9.31 Å². The molecule has 2 aromatic rings. The Kier molecular flexibility index (Phi) is 3.87. The van der Waals surface area contributed by atoms with Crippen LogP contribution in [0.2, 0.25) is 0 Å². The molecule has 0 aliphatic carbocycles. The van der Waals surface area contributed by atoms with Crippen molar-refractivity contribution in [1.29, 1.82) is 0 Å². The lowest BCUT2D eigenvalue weighted by Crippen LogP contribution is -2.58. The van der Waals surface area contributed by atoms with Crippen LogP contribution in [-0.2, 0) is 15.9 Å². The Labute approximate surface area is 132 Å². The third kappa shape index (κ3) is 2.96. The lowest BCUT2D eigenvalue weighted by atomic mass is 9.71. The van der Waals surface area contributed by atoms with Gasteiger partial charge in [-0.25, -0.2) is 0 Å². The lowest BCUT2D eigenvalue weighted by molar-refractivity contribution is -0.0939. The molecule has 2 heterocycles. The van der Waals surface area contributed by atoms with Crippen molar-refractivity contribution < 1.29 is 9.31 Å². The van der Waals surface area contributed by atoms with Crippen molar-refractivity contribution in [3.8, 4) is 0 Å². The fraction of sp³-hybridized carbons (Fsp3) is 0.471. The average Bonchev–Trinajstić information content (AvgIpc) is 2.91. The zero-order valence-corrected chi connectivity index (χ0v) is 13.7. The standard InChI is InChI=1S/C17H23BN2O2/c1-16(2)13-21-18(22-17(16,3)4)15-10-11-20(19-15)12-14-8-6-5-7-9-14/h5-11H,12-13H2,1-4H3. The van der Waals surface area contributed by atoms with E-state index in [-0.39, 0.29) is 18.1 Å². The van der Waals surface area contributed by atoms with Crippen molar-refractivity contribution >= 4 is 12.7 Å². The second-order valence-corrected chi connectivity index (χ2v) is 7.08. The van der Waals surface area contributed by atoms with E-state index in [1.807, 2.05) is 35.1 Å². The van der Waals surface area contributed by atoms with Crippen LogP contribution in [0.15, 0.2) is 42.6 Å². The molecule has 0 amide bonds. The molecule has 116 valence electrons. The molecule has 0 atom stereocenters. The van der Waals surface area contributed by atoms with Crippen LogP contribution in [0.5, 0.6) is 0 Å². The van der Waals surface area contributed by atoms with Gasteiger partial charge >= 0.3 is 7.12 Å². The molecular formula is C17H23BN2O2. The molecule has 0 bridgehead atoms. The molecule has 3 rings (SSSR count). The molecule has 1 aliphatic heterocycles. The highest BCUT2D eigenvalue weighted by Crippen LogP contribution is 2.37. The first kappa shape index (κ1) is 15.3. The van der Waals surface area contributed by atoms with Gasteiger partial charge in [0.15, 0.2) is 0 Å². The first-order valence-corrected chi connectivity index (χ1v) is 7.74. The van der Waals surface area contributed by atoms with Gasteiger partial charge in [0.25, 0.3) is 0 Å². The topological polar surface area (TPSA) is 36.3 Å². The van der Waals surface area contributed by atoms with E-state index < -0.39 is 0 Å². The van der Waals surface area contributed by atoms with Crippen LogP contribution in [0.25, 0.3) is 0 Å². The Hall–Kier alpha value is -1.59. The summed E-state index contributed by atoms with van der Waals surface area (Å²) in [6, 6.07) is 12.3. The monoisotopic (exact) mass is 298 g/mol. The van der Waals surface area contributed by atoms with E-state index in [4.69, 9.17) is 9.31 Å². The second kappa shape index (κ2) is 5.56. The summed E-state index contributed by atoms with van der Waals surface area (Å²) in [5.74, 6) is 0. The maximum absolute atomic E-state index is 6.14. The van der Waals surface area contributed by atoms with Crippen LogP contribution in [0, 0.1) is 5.41 Å². The maximum atomic E-state index is 6.14. The van der Waals surface area contributed by atoms with Crippen molar-refractivity contribution in [1.82, 2.24) is 9.78 Å². The molecule has 0 radical (unpaired) electrons. The molecular weight excluding hydrogens is 275 g/mol. The number of hydrogen-bond donors (Lipinski definition) is 0. The second-order valence-electron chi connectivity index (χ2n) is 7.08. The van der Waals surface area contributed by atoms with Gasteiger partial charge in [0.2, 0.25) is 0 Å². The first-order valence-electron chi connectivity index (χ1n) is 7.74. The summed E-state index contributed by atoms with van der Waals surface area (Å²) in [5, 5.41) is 4.61. The lowest BCUT2D eigenvalue weighted by Gasteiger charge is -2.47. The highest BCUT2D eigenvalue weighted by molar-refractivity contribution is 6.60. The number of benzene rings is 1. The SMILES string of the molecule is CC1(C)COB(c2ccn(Cc3ccccc3)n2)OC1(C)C. The van der Waals surface area contributed by atoms with Crippen molar-refractivity contribution in [2.75, 3.05) is 6.61 Å². The summed E-state index contributed by atoms with van der Waals surface area (Å²) in [4.78, 5) is 0. The zero-order valence-electron chi connectivity index (χ0n) is 13.7. The Morgan fingerprint density at radius 1 is 1.14 bits per heavy atom. The molecule has 1 aromatic heterocycles. The molecule has 5 heteroatoms. The maximum Gasteiger partial charge on any atom is 0.515 e. The van der Waals surface area contributed by atoms with Crippen molar-refractivity contribution in [3.05, 3.63) is 48.2 Å². The van der Waals surface area contributed by atoms with E-state index in [1.54, 1.807) is 0 Å². The van der Waals surface area contributed by atoms with E-state index >= 15 is 0 Å². The normalized spacial score (nSPS) is 20.1. The smallest absolute Gasteiger partial charge is 0.406 e. The van der Waals surface area contributed by atoms with Gasteiger partial charge in [0.1, 0.15) is 0 Å². The van der Waals surface area contributed by atoms with E-state index in [2.05, 4.69) is 44.9 Å². The molecule has 0 unspecified atom stereocenters. The molecule has 1 fully saturated rings. The molecule has 1 saturated heterocycles. The van der Waals surface area contributed by atoms with Crippen LogP contribution in [0.1, 0.15) is 33.3 Å². The quantitative estimate of drug-likeness (QED) is 0.817. The van der Waals surface area contributed by atoms with Crippen LogP contribution in [0.3, 0.4) is 0 Å². The van der Waals surface area contributed by atoms with Crippen LogP contribution >= 0.6 is 0 Å². The fourth-order valence-electron chi connectivity index (χ4n) is 2.43. The first-order chi connectivity index (χ1) is 10.4. The van der Waals surface area contributed by atoms with Gasteiger partial charge in [0.05, 0.1) is 17.7 Å². The minimum Gasteiger partial charge on any atom is -0.406 e. The number of rotatable bonds is 3. The summed E-state index contributed by atoms with van der Waals surface area (Å²) < 4.78 is 13.9. The minimum atomic E-state index is -0.389. The van der Waals surface area contributed by atoms with E-state index in [0.29, 0.717) is 6.61 Å². The fourth-order valence-corrected chi connectivity index (χ4v) is 2.43. The average molecular weight is 298 g/mol. The molecule has 22 heavy (non-hydrogen) atoms. The van der Waals surface area contributed by atoms with E-state index in [1.165, 1.54) is 5.56 Å². The Balaban J connectivity index is 1.72. The van der Waals surface area contributed by atoms with Crippen molar-refractivity contribution in [2.24, 2.45) is 5.41 Å². The number of nitrogens with zero attached hydrogens (tertiary/aromatic N) is 2. The molecule has 0 spiro atoms. The summed E-state index contributed by atoms with van der Waals surface area (Å²) in [6.45, 7) is 9.97. The third-order valence-electron chi connectivity index (χ3n) is 4.72. The minimum absolute atomic E-state index is 0.0178. The van der Waals surface area contributed by atoms with Crippen molar-refractivity contribution in [3.63, 3.8) is 0 Å². The van der Waals surface area contributed by atoms with Gasteiger partial charge in [-0.05, 0) is 25.5 Å². The van der Waals surface area contributed by atoms with Gasteiger partial charge in [-0.2, -0.15) is 5.10 Å². The highest BCUT2D eigenvalue weighted by Gasteiger charge is 2.47. The largest absolute Gasteiger partial charge is 0.515 e. The van der Waals surface area contributed by atoms with Crippen LogP contribution < -0.4 is 5.59 Å². The van der Waals surface area contributed by atoms with Gasteiger partial charge in [-0.3, -0.25) is 4.68 Å². The number of aromatic nitrogens is 2.